The molecular formula is C15H20O3. The lowest BCUT2D eigenvalue weighted by atomic mass is 9.80. The van der Waals surface area contributed by atoms with E-state index in [4.69, 9.17) is 4.74 Å². The van der Waals surface area contributed by atoms with E-state index in [1.165, 1.54) is 6.92 Å². The van der Waals surface area contributed by atoms with Gasteiger partial charge in [-0.3, -0.25) is 9.59 Å². The third-order valence-electron chi connectivity index (χ3n) is 3.26. The molecule has 1 aromatic carbocycles. The second-order valence-electron chi connectivity index (χ2n) is 4.59. The van der Waals surface area contributed by atoms with Crippen molar-refractivity contribution in [3.63, 3.8) is 0 Å². The number of ketones is 1. The Kier molecular flexibility index (Phi) is 5.08. The SMILES string of the molecule is CCOC(=O)C(C)(CCc1ccccc1)C(C)=O. The fraction of sp³-hybridized carbons (Fsp3) is 0.467. The summed E-state index contributed by atoms with van der Waals surface area (Å²) in [7, 11) is 0. The van der Waals surface area contributed by atoms with Gasteiger partial charge in [-0.2, -0.15) is 0 Å². The van der Waals surface area contributed by atoms with Crippen LogP contribution in [0.15, 0.2) is 30.3 Å². The fourth-order valence-corrected chi connectivity index (χ4v) is 1.75. The van der Waals surface area contributed by atoms with E-state index in [9.17, 15) is 9.59 Å². The largest absolute Gasteiger partial charge is 0.465 e. The van der Waals surface area contributed by atoms with Crippen molar-refractivity contribution in [2.45, 2.75) is 33.6 Å². The number of carbonyl (C=O) groups is 2. The van der Waals surface area contributed by atoms with E-state index in [0.717, 1.165) is 5.56 Å². The molecule has 0 fully saturated rings. The van der Waals surface area contributed by atoms with E-state index in [1.807, 2.05) is 30.3 Å². The average Bonchev–Trinajstić information content (AvgIpc) is 2.37. The zero-order valence-electron chi connectivity index (χ0n) is 11.2. The summed E-state index contributed by atoms with van der Waals surface area (Å²) in [6.07, 6.45) is 1.17. The zero-order chi connectivity index (χ0) is 13.6. The first-order valence-electron chi connectivity index (χ1n) is 6.23. The van der Waals surface area contributed by atoms with Gasteiger partial charge in [-0.25, -0.2) is 0 Å². The minimum atomic E-state index is -1.04. The summed E-state index contributed by atoms with van der Waals surface area (Å²) in [4.78, 5) is 23.6. The summed E-state index contributed by atoms with van der Waals surface area (Å²) in [5.74, 6) is -0.565. The van der Waals surface area contributed by atoms with E-state index in [-0.39, 0.29) is 5.78 Å². The molecule has 1 aromatic rings. The second kappa shape index (κ2) is 6.34. The predicted molar refractivity (Wildman–Crippen MR) is 70.2 cm³/mol. The third kappa shape index (κ3) is 3.42. The van der Waals surface area contributed by atoms with Crippen LogP contribution < -0.4 is 0 Å². The van der Waals surface area contributed by atoms with Crippen LogP contribution in [0.2, 0.25) is 0 Å². The Labute approximate surface area is 108 Å². The van der Waals surface area contributed by atoms with Gasteiger partial charge in [-0.05, 0) is 39.2 Å². The zero-order valence-corrected chi connectivity index (χ0v) is 11.2. The van der Waals surface area contributed by atoms with Gasteiger partial charge in [0.2, 0.25) is 0 Å². The molecule has 3 heteroatoms. The molecule has 0 amide bonds. The topological polar surface area (TPSA) is 43.4 Å². The maximum atomic E-state index is 11.9. The molecule has 0 aliphatic rings. The van der Waals surface area contributed by atoms with Crippen LogP contribution in [0.25, 0.3) is 0 Å². The van der Waals surface area contributed by atoms with E-state index in [2.05, 4.69) is 0 Å². The molecule has 0 saturated carbocycles. The summed E-state index contributed by atoms with van der Waals surface area (Å²) in [5.41, 5.74) is 0.0838. The lowest BCUT2D eigenvalue weighted by Gasteiger charge is -2.24. The Balaban J connectivity index is 2.75. The van der Waals surface area contributed by atoms with Gasteiger partial charge in [0.15, 0.2) is 0 Å². The maximum Gasteiger partial charge on any atom is 0.319 e. The van der Waals surface area contributed by atoms with Gasteiger partial charge in [0.1, 0.15) is 11.2 Å². The van der Waals surface area contributed by atoms with Crippen molar-refractivity contribution in [2.24, 2.45) is 5.41 Å². The number of ether oxygens (including phenoxy) is 1. The first-order chi connectivity index (χ1) is 8.50. The van der Waals surface area contributed by atoms with E-state index >= 15 is 0 Å². The van der Waals surface area contributed by atoms with Crippen LogP contribution in [-0.2, 0) is 20.7 Å². The van der Waals surface area contributed by atoms with Gasteiger partial charge in [0.05, 0.1) is 6.61 Å². The molecule has 1 unspecified atom stereocenters. The Hall–Kier alpha value is -1.64. The van der Waals surface area contributed by atoms with Crippen LogP contribution in [0.5, 0.6) is 0 Å². The highest BCUT2D eigenvalue weighted by Gasteiger charge is 2.39. The number of benzene rings is 1. The lowest BCUT2D eigenvalue weighted by molar-refractivity contribution is -0.158. The van der Waals surface area contributed by atoms with Crippen LogP contribution >= 0.6 is 0 Å². The van der Waals surface area contributed by atoms with Crippen molar-refractivity contribution in [1.29, 1.82) is 0 Å². The maximum absolute atomic E-state index is 11.9. The first-order valence-corrected chi connectivity index (χ1v) is 6.23. The van der Waals surface area contributed by atoms with Crippen LogP contribution in [0.3, 0.4) is 0 Å². The number of esters is 1. The normalized spacial score (nSPS) is 13.7. The molecular weight excluding hydrogens is 228 g/mol. The van der Waals surface area contributed by atoms with E-state index in [1.54, 1.807) is 13.8 Å². The highest BCUT2D eigenvalue weighted by Crippen LogP contribution is 2.27. The molecule has 98 valence electrons. The molecule has 1 rings (SSSR count). The monoisotopic (exact) mass is 248 g/mol. The third-order valence-corrected chi connectivity index (χ3v) is 3.26. The number of rotatable bonds is 6. The van der Waals surface area contributed by atoms with Gasteiger partial charge in [-0.1, -0.05) is 30.3 Å². The summed E-state index contributed by atoms with van der Waals surface area (Å²) in [6, 6.07) is 9.83. The number of hydrogen-bond donors (Lipinski definition) is 0. The summed E-state index contributed by atoms with van der Waals surface area (Å²) in [6.45, 7) is 5.15. The molecule has 1 atom stereocenters. The highest BCUT2D eigenvalue weighted by molar-refractivity contribution is 6.02. The van der Waals surface area contributed by atoms with Gasteiger partial charge >= 0.3 is 5.97 Å². The number of carbonyl (C=O) groups excluding carboxylic acids is 2. The highest BCUT2D eigenvalue weighted by atomic mass is 16.5. The number of aryl methyl sites for hydroxylation is 1. The molecule has 0 radical (unpaired) electrons. The Bertz CT molecular complexity index is 411. The van der Waals surface area contributed by atoms with Crippen molar-refractivity contribution in [2.75, 3.05) is 6.61 Å². The second-order valence-corrected chi connectivity index (χ2v) is 4.59. The minimum Gasteiger partial charge on any atom is -0.465 e. The van der Waals surface area contributed by atoms with Crippen molar-refractivity contribution >= 4 is 11.8 Å². The summed E-state index contributed by atoms with van der Waals surface area (Å²) >= 11 is 0. The van der Waals surface area contributed by atoms with Crippen LogP contribution in [0.4, 0.5) is 0 Å². The van der Waals surface area contributed by atoms with Crippen LogP contribution in [0.1, 0.15) is 32.8 Å². The van der Waals surface area contributed by atoms with Gasteiger partial charge < -0.3 is 4.74 Å². The molecule has 0 aromatic heterocycles. The molecule has 0 saturated heterocycles. The van der Waals surface area contributed by atoms with Crippen LogP contribution in [0, 0.1) is 5.41 Å². The van der Waals surface area contributed by atoms with E-state index in [0.29, 0.717) is 19.4 Å². The number of Topliss-reactive ketones (excluding diaryl/α,β-unsaturated/α-hetero) is 1. The number of hydrogen-bond acceptors (Lipinski definition) is 3. The molecule has 0 spiro atoms. The van der Waals surface area contributed by atoms with Crippen molar-refractivity contribution in [1.82, 2.24) is 0 Å². The van der Waals surface area contributed by atoms with Gasteiger partial charge in [0.25, 0.3) is 0 Å². The molecule has 0 N–H and O–H groups in total. The quantitative estimate of drug-likeness (QED) is 0.574. The average molecular weight is 248 g/mol. The van der Waals surface area contributed by atoms with Crippen LogP contribution in [-0.4, -0.2) is 18.4 Å². The molecule has 0 aliphatic carbocycles. The van der Waals surface area contributed by atoms with E-state index < -0.39 is 11.4 Å². The van der Waals surface area contributed by atoms with Gasteiger partial charge in [-0.15, -0.1) is 0 Å². The van der Waals surface area contributed by atoms with Gasteiger partial charge in [0, 0.05) is 0 Å². The Morgan fingerprint density at radius 2 is 1.83 bits per heavy atom. The van der Waals surface area contributed by atoms with Crippen molar-refractivity contribution in [3.8, 4) is 0 Å². The summed E-state index contributed by atoms with van der Waals surface area (Å²) < 4.78 is 5.00. The lowest BCUT2D eigenvalue weighted by Crippen LogP contribution is -2.37. The molecule has 0 bridgehead atoms. The van der Waals surface area contributed by atoms with Crippen molar-refractivity contribution < 1.29 is 14.3 Å². The Morgan fingerprint density at radius 1 is 1.22 bits per heavy atom. The predicted octanol–water partition coefficient (Wildman–Crippen LogP) is 2.78. The molecule has 0 aliphatic heterocycles. The molecule has 0 heterocycles. The molecule has 18 heavy (non-hydrogen) atoms. The van der Waals surface area contributed by atoms with Crippen molar-refractivity contribution in [3.05, 3.63) is 35.9 Å². The smallest absolute Gasteiger partial charge is 0.319 e. The first kappa shape index (κ1) is 14.4. The summed E-state index contributed by atoms with van der Waals surface area (Å²) in [5, 5.41) is 0. The Morgan fingerprint density at radius 3 is 2.33 bits per heavy atom. The fourth-order valence-electron chi connectivity index (χ4n) is 1.75. The minimum absolute atomic E-state index is 0.142. The molecule has 3 nitrogen and oxygen atoms in total. The standard InChI is InChI=1S/C15H20O3/c1-4-18-14(17)15(3,12(2)16)11-10-13-8-6-5-7-9-13/h5-9H,4,10-11H2,1-3H3.